The minimum absolute atomic E-state index is 0.215. The second-order valence-corrected chi connectivity index (χ2v) is 5.93. The van der Waals surface area contributed by atoms with E-state index >= 15 is 0 Å². The average Bonchev–Trinajstić information content (AvgIpc) is 2.75. The van der Waals surface area contributed by atoms with Gasteiger partial charge in [0, 0.05) is 9.75 Å². The molecule has 0 aliphatic rings. The SMILES string of the molecule is Cc1ccc(C(C)n2ncc(I)c2N)s1. The van der Waals surface area contributed by atoms with Crippen molar-refractivity contribution in [1.82, 2.24) is 9.78 Å². The van der Waals surface area contributed by atoms with Gasteiger partial charge in [-0.05, 0) is 48.6 Å². The van der Waals surface area contributed by atoms with Gasteiger partial charge in [-0.1, -0.05) is 0 Å². The van der Waals surface area contributed by atoms with E-state index in [1.165, 1.54) is 9.75 Å². The zero-order valence-electron chi connectivity index (χ0n) is 8.57. The summed E-state index contributed by atoms with van der Waals surface area (Å²) >= 11 is 3.99. The third-order valence-electron chi connectivity index (χ3n) is 2.33. The molecule has 0 fully saturated rings. The smallest absolute Gasteiger partial charge is 0.135 e. The van der Waals surface area contributed by atoms with Crippen molar-refractivity contribution in [3.05, 3.63) is 31.7 Å². The highest BCUT2D eigenvalue weighted by Crippen LogP contribution is 2.28. The normalized spacial score (nSPS) is 13.0. The van der Waals surface area contributed by atoms with Crippen molar-refractivity contribution in [2.75, 3.05) is 5.73 Å². The Morgan fingerprint density at radius 2 is 2.27 bits per heavy atom. The van der Waals surface area contributed by atoms with Gasteiger partial charge in [0.05, 0.1) is 15.8 Å². The Hall–Kier alpha value is -0.560. The van der Waals surface area contributed by atoms with Crippen molar-refractivity contribution < 1.29 is 0 Å². The van der Waals surface area contributed by atoms with Gasteiger partial charge in [0.25, 0.3) is 0 Å². The lowest BCUT2D eigenvalue weighted by molar-refractivity contribution is 0.581. The fraction of sp³-hybridized carbons (Fsp3) is 0.300. The number of anilines is 1. The molecule has 0 aromatic carbocycles. The van der Waals surface area contributed by atoms with Crippen molar-refractivity contribution >= 4 is 39.7 Å². The number of nitrogens with two attached hydrogens (primary N) is 1. The molecule has 0 aliphatic carbocycles. The highest BCUT2D eigenvalue weighted by molar-refractivity contribution is 14.1. The largest absolute Gasteiger partial charge is 0.383 e. The van der Waals surface area contributed by atoms with Crippen LogP contribution in [0.15, 0.2) is 18.3 Å². The first-order chi connectivity index (χ1) is 7.09. The van der Waals surface area contributed by atoms with Crippen LogP contribution in [0.2, 0.25) is 0 Å². The standard InChI is InChI=1S/C10H12IN3S/c1-6-3-4-9(15-6)7(2)14-10(12)8(11)5-13-14/h3-5,7H,12H2,1-2H3. The molecule has 0 radical (unpaired) electrons. The van der Waals surface area contributed by atoms with Gasteiger partial charge >= 0.3 is 0 Å². The topological polar surface area (TPSA) is 43.8 Å². The van der Waals surface area contributed by atoms with Gasteiger partial charge in [-0.2, -0.15) is 5.10 Å². The average molecular weight is 333 g/mol. The summed E-state index contributed by atoms with van der Waals surface area (Å²) < 4.78 is 2.88. The van der Waals surface area contributed by atoms with Gasteiger partial charge in [-0.3, -0.25) is 0 Å². The lowest BCUT2D eigenvalue weighted by Gasteiger charge is -2.11. The van der Waals surface area contributed by atoms with E-state index in [4.69, 9.17) is 5.73 Å². The molecule has 2 heterocycles. The van der Waals surface area contributed by atoms with Crippen LogP contribution in [-0.4, -0.2) is 9.78 Å². The number of thiophene rings is 1. The van der Waals surface area contributed by atoms with Gasteiger partial charge in [-0.25, -0.2) is 4.68 Å². The van der Waals surface area contributed by atoms with Crippen LogP contribution in [0, 0.1) is 10.5 Å². The van der Waals surface area contributed by atoms with E-state index in [0.29, 0.717) is 0 Å². The van der Waals surface area contributed by atoms with Crippen LogP contribution in [0.5, 0.6) is 0 Å². The number of aryl methyl sites for hydroxylation is 1. The monoisotopic (exact) mass is 333 g/mol. The Bertz CT molecular complexity index is 475. The number of nitrogen functional groups attached to an aromatic ring is 1. The van der Waals surface area contributed by atoms with E-state index < -0.39 is 0 Å². The van der Waals surface area contributed by atoms with E-state index in [1.807, 2.05) is 4.68 Å². The summed E-state index contributed by atoms with van der Waals surface area (Å²) in [4.78, 5) is 2.61. The number of halogens is 1. The molecule has 0 aliphatic heterocycles. The molecule has 0 saturated carbocycles. The molecule has 0 spiro atoms. The minimum atomic E-state index is 0.215. The summed E-state index contributed by atoms with van der Waals surface area (Å²) in [7, 11) is 0. The Balaban J connectivity index is 2.36. The number of hydrogen-bond donors (Lipinski definition) is 1. The molecule has 1 atom stereocenters. The van der Waals surface area contributed by atoms with E-state index in [2.05, 4.69) is 53.7 Å². The van der Waals surface area contributed by atoms with Crippen LogP contribution in [0.25, 0.3) is 0 Å². The summed E-state index contributed by atoms with van der Waals surface area (Å²) in [5.41, 5.74) is 5.95. The van der Waals surface area contributed by atoms with Gasteiger partial charge in [0.15, 0.2) is 0 Å². The second-order valence-electron chi connectivity index (χ2n) is 3.45. The maximum absolute atomic E-state index is 5.95. The molecule has 2 aromatic rings. The van der Waals surface area contributed by atoms with Crippen LogP contribution in [0.1, 0.15) is 22.7 Å². The maximum atomic E-state index is 5.95. The Labute approximate surface area is 106 Å². The molecule has 2 aromatic heterocycles. The van der Waals surface area contributed by atoms with Crippen molar-refractivity contribution in [2.24, 2.45) is 0 Å². The number of aromatic nitrogens is 2. The van der Waals surface area contributed by atoms with Crippen LogP contribution < -0.4 is 5.73 Å². The maximum Gasteiger partial charge on any atom is 0.135 e. The van der Waals surface area contributed by atoms with Crippen LogP contribution in [0.4, 0.5) is 5.82 Å². The Morgan fingerprint density at radius 3 is 2.73 bits per heavy atom. The molecule has 80 valence electrons. The number of hydrogen-bond acceptors (Lipinski definition) is 3. The molecule has 5 heteroatoms. The quantitative estimate of drug-likeness (QED) is 0.859. The third kappa shape index (κ3) is 2.03. The summed E-state index contributed by atoms with van der Waals surface area (Å²) in [6.45, 7) is 4.22. The second kappa shape index (κ2) is 4.13. The molecule has 0 bridgehead atoms. The van der Waals surface area contributed by atoms with Crippen molar-refractivity contribution in [1.29, 1.82) is 0 Å². The van der Waals surface area contributed by atoms with Crippen LogP contribution in [0.3, 0.4) is 0 Å². The minimum Gasteiger partial charge on any atom is -0.383 e. The lowest BCUT2D eigenvalue weighted by atomic mass is 10.3. The molecular formula is C10H12IN3S. The summed E-state index contributed by atoms with van der Waals surface area (Å²) in [6.07, 6.45) is 1.80. The molecule has 3 nitrogen and oxygen atoms in total. The number of nitrogens with zero attached hydrogens (tertiary/aromatic N) is 2. The molecule has 2 rings (SSSR count). The predicted molar refractivity (Wildman–Crippen MR) is 72.2 cm³/mol. The fourth-order valence-electron chi connectivity index (χ4n) is 1.46. The zero-order chi connectivity index (χ0) is 11.0. The highest BCUT2D eigenvalue weighted by atomic mass is 127. The molecule has 0 amide bonds. The third-order valence-corrected chi connectivity index (χ3v) is 4.33. The molecule has 2 N–H and O–H groups in total. The van der Waals surface area contributed by atoms with Crippen molar-refractivity contribution in [2.45, 2.75) is 19.9 Å². The Morgan fingerprint density at radius 1 is 1.53 bits per heavy atom. The van der Waals surface area contributed by atoms with Gasteiger partial charge in [-0.15, -0.1) is 11.3 Å². The van der Waals surface area contributed by atoms with Crippen LogP contribution in [-0.2, 0) is 0 Å². The van der Waals surface area contributed by atoms with Crippen molar-refractivity contribution in [3.63, 3.8) is 0 Å². The zero-order valence-corrected chi connectivity index (χ0v) is 11.5. The van der Waals surface area contributed by atoms with Gasteiger partial charge in [0.2, 0.25) is 0 Å². The summed E-state index contributed by atoms with van der Waals surface area (Å²) in [5.74, 6) is 0.745. The summed E-state index contributed by atoms with van der Waals surface area (Å²) in [5, 5.41) is 4.29. The number of rotatable bonds is 2. The molecule has 1 unspecified atom stereocenters. The first-order valence-electron chi connectivity index (χ1n) is 4.64. The molecular weight excluding hydrogens is 321 g/mol. The predicted octanol–water partition coefficient (Wildman–Crippen LogP) is 3.05. The lowest BCUT2D eigenvalue weighted by Crippen LogP contribution is -2.10. The Kier molecular flexibility index (Phi) is 3.01. The first kappa shape index (κ1) is 10.9. The van der Waals surface area contributed by atoms with E-state index in [1.54, 1.807) is 17.5 Å². The summed E-state index contributed by atoms with van der Waals surface area (Å²) in [6, 6.07) is 4.48. The molecule has 0 saturated heterocycles. The molecule has 15 heavy (non-hydrogen) atoms. The highest BCUT2D eigenvalue weighted by Gasteiger charge is 2.14. The van der Waals surface area contributed by atoms with E-state index in [9.17, 15) is 0 Å². The van der Waals surface area contributed by atoms with Gasteiger partial charge in [0.1, 0.15) is 5.82 Å². The van der Waals surface area contributed by atoms with Gasteiger partial charge < -0.3 is 5.73 Å². The van der Waals surface area contributed by atoms with E-state index in [-0.39, 0.29) is 6.04 Å². The fourth-order valence-corrected chi connectivity index (χ4v) is 2.74. The van der Waals surface area contributed by atoms with E-state index in [0.717, 1.165) is 9.39 Å². The van der Waals surface area contributed by atoms with Crippen molar-refractivity contribution in [3.8, 4) is 0 Å². The first-order valence-corrected chi connectivity index (χ1v) is 6.54. The van der Waals surface area contributed by atoms with Crippen LogP contribution >= 0.6 is 33.9 Å².